The molecule has 1 aliphatic rings. The summed E-state index contributed by atoms with van der Waals surface area (Å²) in [4.78, 5) is 12.3. The smallest absolute Gasteiger partial charge is 0.281 e. The second-order valence-corrected chi connectivity index (χ2v) is 8.94. The van der Waals surface area contributed by atoms with Crippen LogP contribution in [0.25, 0.3) is 0 Å². The molecule has 1 aromatic rings. The van der Waals surface area contributed by atoms with Gasteiger partial charge in [0, 0.05) is 33.1 Å². The van der Waals surface area contributed by atoms with E-state index in [0.29, 0.717) is 39.1 Å². The maximum absolute atomic E-state index is 12.3. The molecule has 1 heterocycles. The first-order valence-corrected chi connectivity index (χ1v) is 10.3. The second kappa shape index (κ2) is 8.83. The van der Waals surface area contributed by atoms with E-state index in [1.807, 2.05) is 32.0 Å². The Kier molecular flexibility index (Phi) is 7.02. The number of aryl methyl sites for hydroxylation is 1. The van der Waals surface area contributed by atoms with Crippen molar-refractivity contribution in [3.05, 3.63) is 29.3 Å². The number of carbonyl (C=O) groups is 1. The van der Waals surface area contributed by atoms with Crippen LogP contribution in [-0.2, 0) is 15.0 Å². The number of hydrogen-bond acceptors (Lipinski definition) is 4. The van der Waals surface area contributed by atoms with Crippen LogP contribution in [0.3, 0.4) is 0 Å². The summed E-state index contributed by atoms with van der Waals surface area (Å²) >= 11 is 0. The van der Waals surface area contributed by atoms with E-state index < -0.39 is 10.2 Å². The third-order valence-electron chi connectivity index (χ3n) is 4.83. The molecule has 1 amide bonds. The number of piperidine rings is 1. The van der Waals surface area contributed by atoms with E-state index in [-0.39, 0.29) is 11.8 Å². The molecule has 7 nitrogen and oxygen atoms in total. The largest absolute Gasteiger partial charge is 0.491 e. The van der Waals surface area contributed by atoms with Crippen molar-refractivity contribution in [2.75, 3.05) is 40.3 Å². The summed E-state index contributed by atoms with van der Waals surface area (Å²) in [7, 11) is -0.357. The average molecular weight is 384 g/mol. The molecule has 1 aromatic carbocycles. The third-order valence-corrected chi connectivity index (χ3v) is 6.77. The Morgan fingerprint density at radius 2 is 1.92 bits per heavy atom. The average Bonchev–Trinajstić information content (AvgIpc) is 2.61. The van der Waals surface area contributed by atoms with Crippen molar-refractivity contribution in [3.63, 3.8) is 0 Å². The zero-order valence-electron chi connectivity index (χ0n) is 16.0. The van der Waals surface area contributed by atoms with Crippen molar-refractivity contribution in [1.29, 1.82) is 0 Å². The molecule has 146 valence electrons. The van der Waals surface area contributed by atoms with Crippen molar-refractivity contribution in [2.24, 2.45) is 5.92 Å². The van der Waals surface area contributed by atoms with Crippen LogP contribution in [0.5, 0.6) is 5.75 Å². The summed E-state index contributed by atoms with van der Waals surface area (Å²) < 4.78 is 32.6. The van der Waals surface area contributed by atoms with Crippen LogP contribution in [0.1, 0.15) is 24.0 Å². The third kappa shape index (κ3) is 4.96. The number of rotatable bonds is 7. The number of ether oxygens (including phenoxy) is 1. The van der Waals surface area contributed by atoms with Crippen molar-refractivity contribution in [3.8, 4) is 5.75 Å². The first kappa shape index (κ1) is 20.7. The van der Waals surface area contributed by atoms with Crippen LogP contribution in [0.2, 0.25) is 0 Å². The predicted molar refractivity (Wildman–Crippen MR) is 101 cm³/mol. The molecule has 1 fully saturated rings. The lowest BCUT2D eigenvalue weighted by Gasteiger charge is -2.32. The topological polar surface area (TPSA) is 79.0 Å². The highest BCUT2D eigenvalue weighted by molar-refractivity contribution is 7.86. The lowest BCUT2D eigenvalue weighted by molar-refractivity contribution is -0.126. The normalized spacial score (nSPS) is 16.7. The molecule has 2 rings (SSSR count). The molecule has 0 spiro atoms. The summed E-state index contributed by atoms with van der Waals surface area (Å²) in [6.45, 7) is 5.63. The molecule has 0 saturated carbocycles. The molecule has 0 aromatic heterocycles. The molecular formula is C18H29N3O4S. The quantitative estimate of drug-likeness (QED) is 0.720. The number of amides is 1. The lowest BCUT2D eigenvalue weighted by Crippen LogP contribution is -2.47. The number of carbonyl (C=O) groups excluding carboxylic acids is 1. The van der Waals surface area contributed by atoms with E-state index in [1.165, 1.54) is 28.3 Å². The fraction of sp³-hybridized carbons (Fsp3) is 0.611. The zero-order chi connectivity index (χ0) is 19.3. The van der Waals surface area contributed by atoms with Crippen molar-refractivity contribution >= 4 is 16.1 Å². The first-order chi connectivity index (χ1) is 12.2. The SMILES string of the molecule is Cc1cccc(OCCNC(=O)C2CCN(S(=O)(=O)N(C)C)CC2)c1C. The Hall–Kier alpha value is -1.64. The summed E-state index contributed by atoms with van der Waals surface area (Å²) in [6.07, 6.45) is 1.08. The van der Waals surface area contributed by atoms with Crippen molar-refractivity contribution < 1.29 is 17.9 Å². The zero-order valence-corrected chi connectivity index (χ0v) is 16.8. The number of nitrogens with zero attached hydrogens (tertiary/aromatic N) is 2. The summed E-state index contributed by atoms with van der Waals surface area (Å²) in [5, 5.41) is 2.89. The lowest BCUT2D eigenvalue weighted by atomic mass is 9.97. The molecular weight excluding hydrogens is 354 g/mol. The monoisotopic (exact) mass is 383 g/mol. The van der Waals surface area contributed by atoms with Gasteiger partial charge in [-0.3, -0.25) is 4.79 Å². The molecule has 1 saturated heterocycles. The molecule has 0 aliphatic carbocycles. The summed E-state index contributed by atoms with van der Waals surface area (Å²) in [5.74, 6) is 0.655. The van der Waals surface area contributed by atoms with Gasteiger partial charge in [-0.2, -0.15) is 17.0 Å². The molecule has 0 atom stereocenters. The number of nitrogens with one attached hydrogen (secondary N) is 1. The number of hydrogen-bond donors (Lipinski definition) is 1. The minimum absolute atomic E-state index is 0.0311. The van der Waals surface area contributed by atoms with E-state index in [0.717, 1.165) is 11.3 Å². The Labute approximate surface area is 156 Å². The highest BCUT2D eigenvalue weighted by Gasteiger charge is 2.32. The van der Waals surface area contributed by atoms with Crippen LogP contribution >= 0.6 is 0 Å². The van der Waals surface area contributed by atoms with Gasteiger partial charge in [0.1, 0.15) is 12.4 Å². The van der Waals surface area contributed by atoms with E-state index in [9.17, 15) is 13.2 Å². The van der Waals surface area contributed by atoms with Crippen molar-refractivity contribution in [1.82, 2.24) is 13.9 Å². The fourth-order valence-corrected chi connectivity index (χ4v) is 4.07. The first-order valence-electron chi connectivity index (χ1n) is 8.88. The molecule has 26 heavy (non-hydrogen) atoms. The Bertz CT molecular complexity index is 726. The molecule has 1 N–H and O–H groups in total. The van der Waals surface area contributed by atoms with E-state index in [4.69, 9.17) is 4.74 Å². The minimum Gasteiger partial charge on any atom is -0.491 e. The van der Waals surface area contributed by atoms with E-state index in [2.05, 4.69) is 5.32 Å². The van der Waals surface area contributed by atoms with Gasteiger partial charge >= 0.3 is 0 Å². The molecule has 8 heteroatoms. The van der Waals surface area contributed by atoms with Crippen molar-refractivity contribution in [2.45, 2.75) is 26.7 Å². The van der Waals surface area contributed by atoms with Crippen LogP contribution in [-0.4, -0.2) is 63.3 Å². The highest BCUT2D eigenvalue weighted by atomic mass is 32.2. The van der Waals surface area contributed by atoms with Gasteiger partial charge in [-0.1, -0.05) is 12.1 Å². The van der Waals surface area contributed by atoms with Gasteiger partial charge < -0.3 is 10.1 Å². The Morgan fingerprint density at radius 1 is 1.27 bits per heavy atom. The standard InChI is InChI=1S/C18H29N3O4S/c1-14-6-5-7-17(15(14)2)25-13-10-19-18(22)16-8-11-21(12-9-16)26(23,24)20(3)4/h5-7,16H,8-13H2,1-4H3,(H,19,22). The minimum atomic E-state index is -3.39. The maximum Gasteiger partial charge on any atom is 0.281 e. The summed E-state index contributed by atoms with van der Waals surface area (Å²) in [6, 6.07) is 5.91. The molecule has 0 bridgehead atoms. The predicted octanol–water partition coefficient (Wildman–Crippen LogP) is 1.32. The molecule has 0 unspecified atom stereocenters. The van der Waals surface area contributed by atoms with E-state index in [1.54, 1.807) is 0 Å². The van der Waals surface area contributed by atoms with E-state index >= 15 is 0 Å². The fourth-order valence-electron chi connectivity index (χ4n) is 2.94. The second-order valence-electron chi connectivity index (χ2n) is 6.80. The van der Waals surface area contributed by atoms with Gasteiger partial charge in [0.2, 0.25) is 5.91 Å². The van der Waals surface area contributed by atoms with Crippen LogP contribution in [0.4, 0.5) is 0 Å². The highest BCUT2D eigenvalue weighted by Crippen LogP contribution is 2.21. The van der Waals surface area contributed by atoms with Gasteiger partial charge in [-0.05, 0) is 43.9 Å². The van der Waals surface area contributed by atoms with Crippen LogP contribution < -0.4 is 10.1 Å². The van der Waals surface area contributed by atoms with Gasteiger partial charge in [0.25, 0.3) is 10.2 Å². The molecule has 1 aliphatic heterocycles. The van der Waals surface area contributed by atoms with Crippen LogP contribution in [0, 0.1) is 19.8 Å². The van der Waals surface area contributed by atoms with Crippen LogP contribution in [0.15, 0.2) is 18.2 Å². The van der Waals surface area contributed by atoms with Gasteiger partial charge in [0.05, 0.1) is 6.54 Å². The summed E-state index contributed by atoms with van der Waals surface area (Å²) in [5.41, 5.74) is 2.28. The maximum atomic E-state index is 12.3. The Balaban J connectivity index is 1.73. The molecule has 0 radical (unpaired) electrons. The Morgan fingerprint density at radius 3 is 2.54 bits per heavy atom. The number of benzene rings is 1. The van der Waals surface area contributed by atoms with Gasteiger partial charge in [0.15, 0.2) is 0 Å². The van der Waals surface area contributed by atoms with Gasteiger partial charge in [-0.15, -0.1) is 0 Å². The van der Waals surface area contributed by atoms with Gasteiger partial charge in [-0.25, -0.2) is 0 Å².